The van der Waals surface area contributed by atoms with Crippen molar-refractivity contribution < 1.29 is 9.90 Å². The Morgan fingerprint density at radius 3 is 2.56 bits per heavy atom. The first kappa shape index (κ1) is 23.3. The van der Waals surface area contributed by atoms with Crippen LogP contribution in [0.25, 0.3) is 27.8 Å². The third-order valence-electron chi connectivity index (χ3n) is 5.53. The summed E-state index contributed by atoms with van der Waals surface area (Å²) in [6.07, 6.45) is 4.90. The van der Waals surface area contributed by atoms with Gasteiger partial charge in [-0.2, -0.15) is 0 Å². The van der Waals surface area contributed by atoms with Crippen LogP contribution in [0.2, 0.25) is 0 Å². The summed E-state index contributed by atoms with van der Waals surface area (Å²) >= 11 is 0. The molecule has 0 atom stereocenters. The van der Waals surface area contributed by atoms with E-state index in [1.165, 1.54) is 0 Å². The second-order valence-corrected chi connectivity index (χ2v) is 9.26. The van der Waals surface area contributed by atoms with Crippen LogP contribution in [-0.4, -0.2) is 32.1 Å². The zero-order chi connectivity index (χ0) is 24.5. The molecule has 4 rings (SSSR count). The van der Waals surface area contributed by atoms with E-state index in [2.05, 4.69) is 15.3 Å². The molecular weight excluding hydrogens is 428 g/mol. The van der Waals surface area contributed by atoms with Crippen LogP contribution in [0.5, 0.6) is 0 Å². The summed E-state index contributed by atoms with van der Waals surface area (Å²) in [6, 6.07) is 14.8. The molecule has 0 spiro atoms. The maximum Gasteiger partial charge on any atom is 0.256 e. The largest absolute Gasteiger partial charge is 0.384 e. The SMILES string of the molecule is CC(C)CNC(=O)c1cn(-c2cccc(-c3ccc(C(C)(C)O)nc3)c2)c2ncccc2c1=O. The number of benzene rings is 1. The van der Waals surface area contributed by atoms with Crippen molar-refractivity contribution >= 4 is 16.9 Å². The molecule has 0 fully saturated rings. The van der Waals surface area contributed by atoms with Gasteiger partial charge in [-0.3, -0.25) is 14.6 Å². The van der Waals surface area contributed by atoms with E-state index in [4.69, 9.17) is 0 Å². The van der Waals surface area contributed by atoms with Crippen LogP contribution in [0.1, 0.15) is 43.7 Å². The number of aromatic nitrogens is 3. The molecule has 7 nitrogen and oxygen atoms in total. The molecule has 1 aromatic carbocycles. The predicted molar refractivity (Wildman–Crippen MR) is 133 cm³/mol. The first-order chi connectivity index (χ1) is 16.1. The zero-order valence-electron chi connectivity index (χ0n) is 19.7. The summed E-state index contributed by atoms with van der Waals surface area (Å²) in [6.45, 7) is 7.86. The van der Waals surface area contributed by atoms with Gasteiger partial charge in [-0.1, -0.05) is 32.0 Å². The third kappa shape index (κ3) is 4.75. The van der Waals surface area contributed by atoms with Gasteiger partial charge in [-0.15, -0.1) is 0 Å². The molecule has 3 aromatic heterocycles. The lowest BCUT2D eigenvalue weighted by Crippen LogP contribution is -2.32. The number of hydrogen-bond donors (Lipinski definition) is 2. The summed E-state index contributed by atoms with van der Waals surface area (Å²) in [5.41, 5.74) is 2.30. The highest BCUT2D eigenvalue weighted by Gasteiger charge is 2.19. The fraction of sp³-hybridized carbons (Fsp3) is 0.259. The Labute approximate surface area is 198 Å². The van der Waals surface area contributed by atoms with Gasteiger partial charge < -0.3 is 15.0 Å². The molecule has 0 aliphatic heterocycles. The van der Waals surface area contributed by atoms with Crippen molar-refractivity contribution in [3.05, 3.63) is 88.6 Å². The monoisotopic (exact) mass is 456 g/mol. The second-order valence-electron chi connectivity index (χ2n) is 9.26. The number of hydrogen-bond acceptors (Lipinski definition) is 5. The Morgan fingerprint density at radius 2 is 1.88 bits per heavy atom. The number of nitrogens with zero attached hydrogens (tertiary/aromatic N) is 3. The minimum Gasteiger partial charge on any atom is -0.384 e. The molecule has 0 aliphatic rings. The van der Waals surface area contributed by atoms with Gasteiger partial charge in [0, 0.05) is 36.4 Å². The molecule has 7 heteroatoms. The summed E-state index contributed by atoms with van der Waals surface area (Å²) in [7, 11) is 0. The molecule has 0 radical (unpaired) electrons. The minimum absolute atomic E-state index is 0.0720. The fourth-order valence-corrected chi connectivity index (χ4v) is 3.67. The molecular formula is C27H28N4O3. The molecule has 0 bridgehead atoms. The summed E-state index contributed by atoms with van der Waals surface area (Å²) in [5, 5.41) is 13.4. The Balaban J connectivity index is 1.82. The minimum atomic E-state index is -1.02. The van der Waals surface area contributed by atoms with E-state index in [0.717, 1.165) is 16.8 Å². The predicted octanol–water partition coefficient (Wildman–Crippen LogP) is 4.06. The van der Waals surface area contributed by atoms with Gasteiger partial charge in [-0.05, 0) is 55.7 Å². The lowest BCUT2D eigenvalue weighted by atomic mass is 10.0. The van der Waals surface area contributed by atoms with Crippen molar-refractivity contribution in [2.45, 2.75) is 33.3 Å². The molecule has 4 aromatic rings. The smallest absolute Gasteiger partial charge is 0.256 e. The van der Waals surface area contributed by atoms with Gasteiger partial charge in [0.2, 0.25) is 5.43 Å². The first-order valence-electron chi connectivity index (χ1n) is 11.2. The van der Waals surface area contributed by atoms with Crippen molar-refractivity contribution in [1.29, 1.82) is 0 Å². The van der Waals surface area contributed by atoms with Gasteiger partial charge >= 0.3 is 0 Å². The van der Waals surface area contributed by atoms with Crippen LogP contribution in [-0.2, 0) is 5.60 Å². The number of carbonyl (C=O) groups is 1. The van der Waals surface area contributed by atoms with Crippen molar-refractivity contribution in [3.8, 4) is 16.8 Å². The number of pyridine rings is 3. The number of fused-ring (bicyclic) bond motifs is 1. The average Bonchev–Trinajstić information content (AvgIpc) is 2.82. The fourth-order valence-electron chi connectivity index (χ4n) is 3.67. The number of aliphatic hydroxyl groups is 1. The highest BCUT2D eigenvalue weighted by molar-refractivity contribution is 5.97. The standard InChI is InChI=1S/C27H28N4O3/c1-17(2)14-30-26(33)22-16-31(25-21(24(22)32)9-6-12-28-25)20-8-5-7-18(13-20)19-10-11-23(29-15-19)27(3,4)34/h5-13,15-17,34H,14H2,1-4H3,(H,30,33). The van der Waals surface area contributed by atoms with Crippen LogP contribution in [0, 0.1) is 5.92 Å². The second kappa shape index (κ2) is 9.19. The molecule has 2 N–H and O–H groups in total. The normalized spacial score (nSPS) is 11.7. The molecule has 0 saturated carbocycles. The van der Waals surface area contributed by atoms with Gasteiger partial charge in [-0.25, -0.2) is 4.98 Å². The maximum absolute atomic E-state index is 13.1. The summed E-state index contributed by atoms with van der Waals surface area (Å²) in [4.78, 5) is 34.7. The van der Waals surface area contributed by atoms with E-state index in [1.54, 1.807) is 55.2 Å². The van der Waals surface area contributed by atoms with Crippen LogP contribution < -0.4 is 10.7 Å². The van der Waals surface area contributed by atoms with Crippen LogP contribution in [0.15, 0.2) is 71.9 Å². The number of nitrogens with one attached hydrogen (secondary N) is 1. The molecule has 0 unspecified atom stereocenters. The van der Waals surface area contributed by atoms with Crippen molar-refractivity contribution in [2.24, 2.45) is 5.92 Å². The topological polar surface area (TPSA) is 97.1 Å². The summed E-state index contributed by atoms with van der Waals surface area (Å²) < 4.78 is 1.77. The molecule has 3 heterocycles. The van der Waals surface area contributed by atoms with Crippen molar-refractivity contribution in [1.82, 2.24) is 19.9 Å². The Morgan fingerprint density at radius 1 is 1.09 bits per heavy atom. The van der Waals surface area contributed by atoms with E-state index < -0.39 is 11.5 Å². The zero-order valence-corrected chi connectivity index (χ0v) is 19.7. The average molecular weight is 457 g/mol. The van der Waals surface area contributed by atoms with Crippen LogP contribution >= 0.6 is 0 Å². The molecule has 1 amide bonds. The Kier molecular flexibility index (Phi) is 6.30. The lowest BCUT2D eigenvalue weighted by molar-refractivity contribution is 0.0738. The van der Waals surface area contributed by atoms with Crippen molar-refractivity contribution in [3.63, 3.8) is 0 Å². The highest BCUT2D eigenvalue weighted by atomic mass is 16.3. The van der Waals surface area contributed by atoms with E-state index in [9.17, 15) is 14.7 Å². The molecule has 34 heavy (non-hydrogen) atoms. The van der Waals surface area contributed by atoms with Crippen molar-refractivity contribution in [2.75, 3.05) is 6.54 Å². The molecule has 174 valence electrons. The molecule has 0 aliphatic carbocycles. The number of rotatable bonds is 6. The Bertz CT molecular complexity index is 1400. The lowest BCUT2D eigenvalue weighted by Gasteiger charge is -2.17. The van der Waals surface area contributed by atoms with E-state index in [1.807, 2.05) is 44.2 Å². The quantitative estimate of drug-likeness (QED) is 0.456. The van der Waals surface area contributed by atoms with Crippen LogP contribution in [0.3, 0.4) is 0 Å². The summed E-state index contributed by atoms with van der Waals surface area (Å²) in [5.74, 6) is -0.137. The molecule has 0 saturated heterocycles. The maximum atomic E-state index is 13.1. The van der Waals surface area contributed by atoms with Crippen LogP contribution in [0.4, 0.5) is 0 Å². The van der Waals surface area contributed by atoms with Gasteiger partial charge in [0.15, 0.2) is 0 Å². The van der Waals surface area contributed by atoms with Gasteiger partial charge in [0.05, 0.1) is 11.1 Å². The van der Waals surface area contributed by atoms with E-state index >= 15 is 0 Å². The van der Waals surface area contributed by atoms with Gasteiger partial charge in [0.25, 0.3) is 5.91 Å². The third-order valence-corrected chi connectivity index (χ3v) is 5.53. The van der Waals surface area contributed by atoms with E-state index in [-0.39, 0.29) is 16.9 Å². The van der Waals surface area contributed by atoms with Gasteiger partial charge in [0.1, 0.15) is 16.8 Å². The Hall–Kier alpha value is -3.84. The highest BCUT2D eigenvalue weighted by Crippen LogP contribution is 2.25. The number of amides is 1. The number of carbonyl (C=O) groups excluding carboxylic acids is 1. The van der Waals surface area contributed by atoms with E-state index in [0.29, 0.717) is 23.3 Å². The first-order valence-corrected chi connectivity index (χ1v) is 11.2.